The van der Waals surface area contributed by atoms with Gasteiger partial charge in [-0.2, -0.15) is 0 Å². The molecule has 2 aromatic heterocycles. The Hall–Kier alpha value is -2.80. The van der Waals surface area contributed by atoms with E-state index < -0.39 is 0 Å². The first-order valence-electron chi connectivity index (χ1n) is 13.6. The van der Waals surface area contributed by atoms with Crippen LogP contribution in [0.2, 0.25) is 0 Å². The number of hydrogen-bond acceptors (Lipinski definition) is 3. The number of halogens is 1. The van der Waals surface area contributed by atoms with Crippen molar-refractivity contribution in [2.24, 2.45) is 24.8 Å². The summed E-state index contributed by atoms with van der Waals surface area (Å²) in [5, 5.41) is 1.20. The van der Waals surface area contributed by atoms with E-state index >= 15 is 0 Å². The van der Waals surface area contributed by atoms with Gasteiger partial charge in [-0.05, 0) is 90.1 Å². The van der Waals surface area contributed by atoms with E-state index in [4.69, 9.17) is 9.72 Å². The van der Waals surface area contributed by atoms with Gasteiger partial charge in [0.15, 0.2) is 5.82 Å². The van der Waals surface area contributed by atoms with Crippen LogP contribution in [0.3, 0.4) is 0 Å². The Morgan fingerprint density at radius 1 is 1.14 bits per heavy atom. The number of amides is 1. The van der Waals surface area contributed by atoms with Gasteiger partial charge in [0.25, 0.3) is 5.91 Å². The maximum Gasteiger partial charge on any atom is 0.254 e. The van der Waals surface area contributed by atoms with Gasteiger partial charge in [0.2, 0.25) is 0 Å². The van der Waals surface area contributed by atoms with Crippen molar-refractivity contribution >= 4 is 43.8 Å². The first kappa shape index (κ1) is 23.3. The molecule has 2 aliphatic heterocycles. The molecule has 6 nitrogen and oxygen atoms in total. The van der Waals surface area contributed by atoms with Crippen LogP contribution >= 0.6 is 15.9 Å². The maximum atomic E-state index is 13.7. The van der Waals surface area contributed by atoms with Crippen LogP contribution in [-0.2, 0) is 13.6 Å². The Morgan fingerprint density at radius 2 is 1.97 bits per heavy atom. The molecule has 8 rings (SSSR count). The Kier molecular flexibility index (Phi) is 5.43. The zero-order valence-electron chi connectivity index (χ0n) is 21.7. The van der Waals surface area contributed by atoms with Crippen molar-refractivity contribution < 1.29 is 9.53 Å². The monoisotopic (exact) mass is 560 g/mol. The average Bonchev–Trinajstić information content (AvgIpc) is 3.56. The Labute approximate surface area is 225 Å². The van der Waals surface area contributed by atoms with Crippen LogP contribution in [0.4, 0.5) is 0 Å². The summed E-state index contributed by atoms with van der Waals surface area (Å²) >= 11 is 3.79. The molecule has 0 spiro atoms. The second kappa shape index (κ2) is 8.62. The zero-order valence-corrected chi connectivity index (χ0v) is 23.3. The van der Waals surface area contributed by atoms with Gasteiger partial charge >= 0.3 is 0 Å². The lowest BCUT2D eigenvalue weighted by Gasteiger charge is -2.48. The number of para-hydroxylation sites is 1. The number of piperidine rings is 2. The number of aromatic nitrogens is 3. The van der Waals surface area contributed by atoms with Crippen LogP contribution in [0.1, 0.15) is 49.4 Å². The zero-order chi connectivity index (χ0) is 25.4. The second-order valence-corrected chi connectivity index (χ2v) is 12.3. The summed E-state index contributed by atoms with van der Waals surface area (Å²) in [5.74, 6) is 3.75. The molecular formula is C30H33BrN4O2. The number of carbonyl (C=O) groups excluding carboxylic acids is 1. The van der Waals surface area contributed by atoms with E-state index in [1.807, 2.05) is 19.2 Å². The van der Waals surface area contributed by atoms with Gasteiger partial charge in [0, 0.05) is 41.6 Å². The van der Waals surface area contributed by atoms with Crippen LogP contribution in [0.5, 0.6) is 5.75 Å². The van der Waals surface area contributed by atoms with Gasteiger partial charge < -0.3 is 18.8 Å². The number of methoxy groups -OCH3 is 1. The molecule has 0 N–H and O–H groups in total. The van der Waals surface area contributed by atoms with Crippen molar-refractivity contribution in [3.63, 3.8) is 0 Å². The number of imidazole rings is 1. The topological polar surface area (TPSA) is 52.3 Å². The van der Waals surface area contributed by atoms with E-state index in [-0.39, 0.29) is 5.91 Å². The molecule has 37 heavy (non-hydrogen) atoms. The van der Waals surface area contributed by atoms with Gasteiger partial charge in [-0.3, -0.25) is 4.79 Å². The molecule has 0 radical (unpaired) electrons. The minimum atomic E-state index is 0.112. The summed E-state index contributed by atoms with van der Waals surface area (Å²) < 4.78 is 11.5. The van der Waals surface area contributed by atoms with Gasteiger partial charge in [-0.15, -0.1) is 0 Å². The highest BCUT2D eigenvalue weighted by atomic mass is 79.9. The molecule has 2 saturated heterocycles. The van der Waals surface area contributed by atoms with E-state index in [2.05, 4.69) is 61.2 Å². The fourth-order valence-corrected chi connectivity index (χ4v) is 7.43. The molecule has 192 valence electrons. The van der Waals surface area contributed by atoms with Crippen molar-refractivity contribution in [2.75, 3.05) is 13.7 Å². The van der Waals surface area contributed by atoms with Crippen LogP contribution < -0.4 is 4.74 Å². The van der Waals surface area contributed by atoms with E-state index in [1.54, 1.807) is 7.11 Å². The first-order valence-corrected chi connectivity index (χ1v) is 14.4. The van der Waals surface area contributed by atoms with Gasteiger partial charge in [-0.25, -0.2) is 4.98 Å². The summed E-state index contributed by atoms with van der Waals surface area (Å²) in [6.45, 7) is 4.19. The number of carbonyl (C=O) groups is 1. The van der Waals surface area contributed by atoms with E-state index in [1.165, 1.54) is 30.2 Å². The second-order valence-electron chi connectivity index (χ2n) is 11.5. The molecule has 2 bridgehead atoms. The van der Waals surface area contributed by atoms with Crippen LogP contribution in [0.15, 0.2) is 40.9 Å². The minimum absolute atomic E-state index is 0.112. The van der Waals surface area contributed by atoms with Crippen molar-refractivity contribution in [2.45, 2.75) is 51.6 Å². The normalized spacial score (nSPS) is 23.4. The number of fused-ring (bicyclic) bond motifs is 5. The molecule has 2 aliphatic carbocycles. The highest BCUT2D eigenvalue weighted by molar-refractivity contribution is 9.10. The van der Waals surface area contributed by atoms with E-state index in [0.717, 1.165) is 58.9 Å². The third-order valence-electron chi connectivity index (χ3n) is 9.09. The highest BCUT2D eigenvalue weighted by Gasteiger charge is 2.40. The molecule has 2 aromatic carbocycles. The predicted octanol–water partition coefficient (Wildman–Crippen LogP) is 6.64. The molecule has 1 amide bonds. The van der Waals surface area contributed by atoms with Gasteiger partial charge in [0.1, 0.15) is 11.3 Å². The number of benzene rings is 2. The molecule has 3 atom stereocenters. The predicted molar refractivity (Wildman–Crippen MR) is 150 cm³/mol. The van der Waals surface area contributed by atoms with Crippen LogP contribution in [0, 0.1) is 17.8 Å². The smallest absolute Gasteiger partial charge is 0.254 e. The molecule has 4 fully saturated rings. The van der Waals surface area contributed by atoms with Crippen molar-refractivity contribution in [1.82, 2.24) is 19.0 Å². The van der Waals surface area contributed by atoms with Gasteiger partial charge in [0.05, 0.1) is 23.8 Å². The number of nitrogens with zero attached hydrogens (tertiary/aromatic N) is 4. The third-order valence-corrected chi connectivity index (χ3v) is 9.73. The number of rotatable bonds is 5. The largest absolute Gasteiger partial charge is 0.494 e. The minimum Gasteiger partial charge on any atom is -0.494 e. The number of ether oxygens (including phenoxy) is 1. The lowest BCUT2D eigenvalue weighted by molar-refractivity contribution is 0.0130. The van der Waals surface area contributed by atoms with Gasteiger partial charge in [-0.1, -0.05) is 19.1 Å². The fraction of sp³-hybridized carbons (Fsp3) is 0.467. The Bertz CT molecular complexity index is 1550. The van der Waals surface area contributed by atoms with E-state index in [0.29, 0.717) is 29.2 Å². The first-order chi connectivity index (χ1) is 17.9. The Morgan fingerprint density at radius 3 is 2.68 bits per heavy atom. The summed E-state index contributed by atoms with van der Waals surface area (Å²) in [4.78, 5) is 21.0. The standard InChI is InChI=1S/C30H33BrN4O2/c1-17-11-22-10-9-20(17)16-34(22)30(36)21-12-24-28(26(14-21)37-3)33(2)29(32-24)25-13-19-5-4-6-23(31)27(19)35(25)15-18-7-8-18/h4-6,12-14,17-18,20,22H,7-11,15-16H2,1-3H3/t17-,20-,22-/m1/s1. The lowest BCUT2D eigenvalue weighted by Crippen LogP contribution is -2.53. The van der Waals surface area contributed by atoms with Crippen molar-refractivity contribution in [1.29, 1.82) is 0 Å². The lowest BCUT2D eigenvalue weighted by atomic mass is 9.73. The average molecular weight is 562 g/mol. The molecule has 0 unspecified atom stereocenters. The van der Waals surface area contributed by atoms with Crippen LogP contribution in [-0.4, -0.2) is 44.6 Å². The maximum absolute atomic E-state index is 13.7. The molecular weight excluding hydrogens is 528 g/mol. The summed E-state index contributed by atoms with van der Waals surface area (Å²) in [7, 11) is 3.73. The highest BCUT2D eigenvalue weighted by Crippen LogP contribution is 2.42. The number of hydrogen-bond donors (Lipinski definition) is 0. The molecule has 4 aliphatic rings. The quantitative estimate of drug-likeness (QED) is 0.275. The summed E-state index contributed by atoms with van der Waals surface area (Å²) in [6, 6.07) is 12.8. The SMILES string of the molecule is COc1cc(C(=O)N2C[C@H]3CC[C@@H]2C[C@H]3C)cc2nc(-c3cc4cccc(Br)c4n3CC3CC3)n(C)c12. The molecule has 7 heteroatoms. The Balaban J connectivity index is 1.34. The summed E-state index contributed by atoms with van der Waals surface area (Å²) in [5.41, 5.74) is 4.72. The molecule has 4 aromatic rings. The fourth-order valence-electron chi connectivity index (χ4n) is 6.83. The third kappa shape index (κ3) is 3.72. The van der Waals surface area contributed by atoms with E-state index in [9.17, 15) is 4.79 Å². The van der Waals surface area contributed by atoms with Crippen LogP contribution in [0.25, 0.3) is 33.5 Å². The molecule has 4 heterocycles. The van der Waals surface area contributed by atoms with Crippen molar-refractivity contribution in [3.8, 4) is 17.3 Å². The van der Waals surface area contributed by atoms with Crippen molar-refractivity contribution in [3.05, 3.63) is 46.4 Å². The summed E-state index contributed by atoms with van der Waals surface area (Å²) in [6.07, 6.45) is 6.04. The molecule has 2 saturated carbocycles. The number of aryl methyl sites for hydroxylation is 1.